The van der Waals surface area contributed by atoms with Gasteiger partial charge in [-0.2, -0.15) is 0 Å². The molecule has 0 fully saturated rings. The number of rotatable bonds is 11. The Balaban J connectivity index is 2.64. The molecule has 0 bridgehead atoms. The molecule has 4 heteroatoms. The highest BCUT2D eigenvalue weighted by atomic mass is 32.2. The average Bonchev–Trinajstić information content (AvgIpc) is 2.49. The molecular weight excluding hydrogens is 320 g/mol. The molecule has 23 heavy (non-hydrogen) atoms. The molecule has 0 aliphatic heterocycles. The summed E-state index contributed by atoms with van der Waals surface area (Å²) in [6, 6.07) is 9.00. The molecule has 1 unspecified atom stereocenters. The molecule has 0 aliphatic carbocycles. The molecule has 132 valence electrons. The number of benzene rings is 1. The molecule has 0 aromatic heterocycles. The molecule has 0 spiro atoms. The zero-order chi connectivity index (χ0) is 17.3. The van der Waals surface area contributed by atoms with Crippen molar-refractivity contribution in [1.82, 2.24) is 0 Å². The summed E-state index contributed by atoms with van der Waals surface area (Å²) < 4.78 is 26.0. The summed E-state index contributed by atoms with van der Waals surface area (Å²) in [5.74, 6) is 0. The van der Waals surface area contributed by atoms with Crippen LogP contribution >= 0.6 is 0 Å². The van der Waals surface area contributed by atoms with Crippen molar-refractivity contribution in [3.05, 3.63) is 30.3 Å². The van der Waals surface area contributed by atoms with Crippen LogP contribution in [0.2, 0.25) is 19.6 Å². The highest BCUT2D eigenvalue weighted by molar-refractivity contribution is 7.94. The second kappa shape index (κ2) is 9.63. The Labute approximate surface area is 144 Å². The molecule has 1 aromatic carbocycles. The Hall–Kier alpha value is -0.613. The van der Waals surface area contributed by atoms with Gasteiger partial charge in [0, 0.05) is 0 Å². The van der Waals surface area contributed by atoms with E-state index >= 15 is 0 Å². The van der Waals surface area contributed by atoms with Crippen LogP contribution in [0.1, 0.15) is 58.3 Å². The van der Waals surface area contributed by atoms with Crippen LogP contribution in [0.15, 0.2) is 35.2 Å². The maximum atomic E-state index is 13.0. The van der Waals surface area contributed by atoms with Crippen LogP contribution in [-0.4, -0.2) is 21.4 Å². The standard InChI is InChI=1S/C19H34O2SSi/c1-5-6-7-8-9-10-14-17-19(23(2,3)4)22(20,21)18-15-12-11-13-16-18/h11-13,15-16,19H,5-10,14,17H2,1-4H3. The summed E-state index contributed by atoms with van der Waals surface area (Å²) in [6.07, 6.45) is 9.45. The van der Waals surface area contributed by atoms with E-state index in [1.54, 1.807) is 12.1 Å². The third-order valence-corrected chi connectivity index (χ3v) is 11.7. The van der Waals surface area contributed by atoms with E-state index in [2.05, 4.69) is 26.6 Å². The van der Waals surface area contributed by atoms with E-state index in [1.807, 2.05) is 18.2 Å². The zero-order valence-electron chi connectivity index (χ0n) is 15.3. The lowest BCUT2D eigenvalue weighted by molar-refractivity contribution is 0.563. The summed E-state index contributed by atoms with van der Waals surface area (Å²) >= 11 is 0. The van der Waals surface area contributed by atoms with Crippen LogP contribution in [0.3, 0.4) is 0 Å². The van der Waals surface area contributed by atoms with Gasteiger partial charge in [0.15, 0.2) is 9.84 Å². The Morgan fingerprint density at radius 1 is 0.870 bits per heavy atom. The minimum atomic E-state index is -3.20. The molecule has 0 radical (unpaired) electrons. The van der Waals surface area contributed by atoms with Crippen molar-refractivity contribution in [3.63, 3.8) is 0 Å². The lowest BCUT2D eigenvalue weighted by atomic mass is 10.1. The molecule has 0 amide bonds. The summed E-state index contributed by atoms with van der Waals surface area (Å²) in [4.78, 5) is 0.323. The molecular formula is C19H34O2SSi. The van der Waals surface area contributed by atoms with E-state index in [9.17, 15) is 8.42 Å². The van der Waals surface area contributed by atoms with Crippen LogP contribution in [0, 0.1) is 0 Å². The van der Waals surface area contributed by atoms with Crippen molar-refractivity contribution < 1.29 is 8.42 Å². The number of unbranched alkanes of at least 4 members (excludes halogenated alkanes) is 6. The van der Waals surface area contributed by atoms with Gasteiger partial charge in [-0.1, -0.05) is 89.7 Å². The first-order valence-corrected chi connectivity index (χ1v) is 14.2. The largest absolute Gasteiger partial charge is 0.224 e. The second-order valence-electron chi connectivity index (χ2n) is 7.62. The van der Waals surface area contributed by atoms with Gasteiger partial charge in [0.1, 0.15) is 0 Å². The zero-order valence-corrected chi connectivity index (χ0v) is 17.2. The van der Waals surface area contributed by atoms with Gasteiger partial charge in [-0.3, -0.25) is 0 Å². The van der Waals surface area contributed by atoms with Gasteiger partial charge in [-0.15, -0.1) is 0 Å². The van der Waals surface area contributed by atoms with Crippen molar-refractivity contribution in [3.8, 4) is 0 Å². The second-order valence-corrected chi connectivity index (χ2v) is 15.6. The van der Waals surface area contributed by atoms with E-state index in [-0.39, 0.29) is 4.87 Å². The van der Waals surface area contributed by atoms with Gasteiger partial charge in [0.2, 0.25) is 0 Å². The Morgan fingerprint density at radius 3 is 1.91 bits per heavy atom. The smallest absolute Gasteiger partial charge is 0.178 e. The SMILES string of the molecule is CCCCCCCCCC([Si](C)(C)C)S(=O)(=O)c1ccccc1. The minimum Gasteiger partial charge on any atom is -0.224 e. The fourth-order valence-electron chi connectivity index (χ4n) is 3.11. The third-order valence-electron chi connectivity index (χ3n) is 4.48. The maximum Gasteiger partial charge on any atom is 0.178 e. The van der Waals surface area contributed by atoms with Crippen molar-refractivity contribution in [2.24, 2.45) is 0 Å². The first kappa shape index (κ1) is 20.4. The van der Waals surface area contributed by atoms with Gasteiger partial charge >= 0.3 is 0 Å². The molecule has 0 saturated heterocycles. The Kier molecular flexibility index (Phi) is 8.55. The summed E-state index contributed by atoms with van der Waals surface area (Å²) in [6.45, 7) is 8.77. The van der Waals surface area contributed by atoms with Gasteiger partial charge in [0.05, 0.1) is 17.8 Å². The van der Waals surface area contributed by atoms with Crippen molar-refractivity contribution in [2.45, 2.75) is 87.7 Å². The first-order chi connectivity index (χ1) is 10.8. The van der Waals surface area contributed by atoms with Gasteiger partial charge in [-0.05, 0) is 18.6 Å². The number of hydrogen-bond donors (Lipinski definition) is 0. The Bertz CT molecular complexity index is 532. The topological polar surface area (TPSA) is 34.1 Å². The predicted molar refractivity (Wildman–Crippen MR) is 103 cm³/mol. The van der Waals surface area contributed by atoms with E-state index in [0.717, 1.165) is 19.3 Å². The summed E-state index contributed by atoms with van der Waals surface area (Å²) in [5, 5.41) is 0. The van der Waals surface area contributed by atoms with E-state index in [1.165, 1.54) is 32.1 Å². The summed E-state index contributed by atoms with van der Waals surface area (Å²) in [5.41, 5.74) is 0. The fourth-order valence-corrected chi connectivity index (χ4v) is 9.66. The van der Waals surface area contributed by atoms with E-state index in [4.69, 9.17) is 0 Å². The molecule has 1 rings (SSSR count). The molecule has 0 saturated carbocycles. The van der Waals surface area contributed by atoms with Crippen LogP contribution in [-0.2, 0) is 9.84 Å². The van der Waals surface area contributed by atoms with Crippen LogP contribution in [0.5, 0.6) is 0 Å². The van der Waals surface area contributed by atoms with Gasteiger partial charge in [0.25, 0.3) is 0 Å². The molecule has 0 heterocycles. The van der Waals surface area contributed by atoms with Crippen molar-refractivity contribution in [1.29, 1.82) is 0 Å². The number of hydrogen-bond acceptors (Lipinski definition) is 2. The molecule has 0 N–H and O–H groups in total. The van der Waals surface area contributed by atoms with Crippen molar-refractivity contribution in [2.75, 3.05) is 0 Å². The molecule has 0 aliphatic rings. The molecule has 2 nitrogen and oxygen atoms in total. The quantitative estimate of drug-likeness (QED) is 0.369. The van der Waals surface area contributed by atoms with E-state index in [0.29, 0.717) is 4.90 Å². The highest BCUT2D eigenvalue weighted by Crippen LogP contribution is 2.28. The van der Waals surface area contributed by atoms with Crippen molar-refractivity contribution >= 4 is 17.9 Å². The lowest BCUT2D eigenvalue weighted by Gasteiger charge is -2.29. The van der Waals surface area contributed by atoms with E-state index < -0.39 is 17.9 Å². The predicted octanol–water partition coefficient (Wildman–Crippen LogP) is 5.85. The Morgan fingerprint density at radius 2 is 1.39 bits per heavy atom. The molecule has 1 aromatic rings. The van der Waals surface area contributed by atoms with Gasteiger partial charge < -0.3 is 0 Å². The normalized spacial score (nSPS) is 13.9. The monoisotopic (exact) mass is 354 g/mol. The minimum absolute atomic E-state index is 0.173. The molecule has 1 atom stereocenters. The lowest BCUT2D eigenvalue weighted by Crippen LogP contribution is -2.44. The third kappa shape index (κ3) is 6.80. The maximum absolute atomic E-state index is 13.0. The van der Waals surface area contributed by atoms with Gasteiger partial charge in [-0.25, -0.2) is 8.42 Å². The highest BCUT2D eigenvalue weighted by Gasteiger charge is 2.37. The van der Waals surface area contributed by atoms with Crippen LogP contribution in [0.25, 0.3) is 0 Å². The summed E-state index contributed by atoms with van der Waals surface area (Å²) in [7, 11) is -4.97. The number of sulfone groups is 1. The fraction of sp³-hybridized carbons (Fsp3) is 0.684. The first-order valence-electron chi connectivity index (χ1n) is 9.09. The van der Waals surface area contributed by atoms with Crippen LogP contribution in [0.4, 0.5) is 0 Å². The van der Waals surface area contributed by atoms with Crippen LogP contribution < -0.4 is 0 Å². The average molecular weight is 355 g/mol.